The van der Waals surface area contributed by atoms with Gasteiger partial charge in [-0.3, -0.25) is 9.97 Å². The van der Waals surface area contributed by atoms with Gasteiger partial charge in [0.05, 0.1) is 28.4 Å². The summed E-state index contributed by atoms with van der Waals surface area (Å²) >= 11 is 7.73. The molecule has 0 fully saturated rings. The Morgan fingerprint density at radius 3 is 1.34 bits per heavy atom. The van der Waals surface area contributed by atoms with E-state index in [1.807, 2.05) is 15.7 Å². The van der Waals surface area contributed by atoms with Crippen molar-refractivity contribution in [3.8, 4) is 23.0 Å². The number of ether oxygens (including phenoxy) is 6. The second-order valence-corrected chi connectivity index (χ2v) is 21.2. The van der Waals surface area contributed by atoms with Crippen molar-refractivity contribution in [3.05, 3.63) is 125 Å². The third-order valence-corrected chi connectivity index (χ3v) is 10.5. The molecular formula is C54H73BrF2I2N8O16S2Y2-2. The van der Waals surface area contributed by atoms with E-state index in [4.69, 9.17) is 18.9 Å². The number of esters is 2. The van der Waals surface area contributed by atoms with E-state index in [0.717, 1.165) is 21.8 Å². The van der Waals surface area contributed by atoms with Crippen molar-refractivity contribution in [2.24, 2.45) is 0 Å². The Kier molecular flexibility index (Phi) is 50.9. The quantitative estimate of drug-likeness (QED) is 0.0153. The van der Waals surface area contributed by atoms with Gasteiger partial charge < -0.3 is 75.1 Å². The van der Waals surface area contributed by atoms with E-state index in [9.17, 15) is 55.0 Å². The average Bonchev–Trinajstić information content (AvgIpc) is 1.08. The van der Waals surface area contributed by atoms with Crippen LogP contribution in [0.1, 0.15) is 88.0 Å². The number of phenolic OH excluding ortho intramolecular Hbond substituents is 2. The molecule has 2 radical (unpaired) electrons. The number of amides is 2. The fourth-order valence-corrected chi connectivity index (χ4v) is 6.45. The first-order valence-corrected chi connectivity index (χ1v) is 30.4. The Bertz CT molecular complexity index is 3150. The Labute approximate surface area is 596 Å². The number of halogens is 5. The summed E-state index contributed by atoms with van der Waals surface area (Å²) in [5.41, 5.74) is 0.560. The molecule has 4 aromatic heterocycles. The first-order chi connectivity index (χ1) is 39.4. The molecule has 0 unspecified atom stereocenters. The maximum absolute atomic E-state index is 12.7. The minimum absolute atomic E-state index is 0. The number of aromatic hydroxyl groups is 2. The van der Waals surface area contributed by atoms with Crippen LogP contribution >= 0.6 is 61.1 Å². The molecule has 5 N–H and O–H groups in total. The van der Waals surface area contributed by atoms with Crippen LogP contribution in [0.2, 0.25) is 0 Å². The summed E-state index contributed by atoms with van der Waals surface area (Å²) in [7, 11) is 3.34. The molecule has 87 heavy (non-hydrogen) atoms. The van der Waals surface area contributed by atoms with Crippen LogP contribution in [0.3, 0.4) is 0 Å². The molecule has 4 heterocycles. The van der Waals surface area contributed by atoms with Gasteiger partial charge in [0.2, 0.25) is 0 Å². The fourth-order valence-electron chi connectivity index (χ4n) is 5.67. The smallest absolute Gasteiger partial charge is 0.407 e. The Morgan fingerprint density at radius 2 is 1.03 bits per heavy atom. The topological polar surface area (TPSA) is 323 Å². The zero-order chi connectivity index (χ0) is 65.1. The zero-order valence-corrected chi connectivity index (χ0v) is 62.9. The Balaban J connectivity index is -0.000000320. The first kappa shape index (κ1) is 91.4. The van der Waals surface area contributed by atoms with Gasteiger partial charge in [0.15, 0.2) is 22.9 Å². The van der Waals surface area contributed by atoms with Gasteiger partial charge in [0, 0.05) is 136 Å². The number of methoxy groups -OCH3 is 4. The molecule has 480 valence electrons. The van der Waals surface area contributed by atoms with Crippen molar-refractivity contribution in [3.63, 3.8) is 0 Å². The van der Waals surface area contributed by atoms with Gasteiger partial charge in [0.25, 0.3) is 0 Å². The number of rotatable bonds is 11. The van der Waals surface area contributed by atoms with Gasteiger partial charge in [0.1, 0.15) is 55.8 Å². The molecule has 0 aliphatic carbocycles. The van der Waals surface area contributed by atoms with Crippen molar-refractivity contribution >= 4 is 135 Å². The van der Waals surface area contributed by atoms with Crippen LogP contribution in [0, 0.1) is 11.6 Å². The number of carbonyl (C=O) groups is 4. The molecule has 2 amide bonds. The van der Waals surface area contributed by atoms with Gasteiger partial charge in [-0.1, -0.05) is 71.7 Å². The Morgan fingerprint density at radius 1 is 0.690 bits per heavy atom. The molecule has 0 saturated heterocycles. The number of alkyl halides is 2. The van der Waals surface area contributed by atoms with Crippen LogP contribution < -0.4 is 29.1 Å². The number of hydrogen-bond acceptors (Lipinski definition) is 22. The predicted molar refractivity (Wildman–Crippen MR) is 342 cm³/mol. The maximum atomic E-state index is 12.7. The molecule has 0 atom stereocenters. The molecule has 6 rings (SSSR count). The molecular weight excluding hydrogens is 1630 g/mol. The Hall–Kier alpha value is -4.35. The maximum Gasteiger partial charge on any atom is 0.407 e. The number of hydrogen-bond donors (Lipinski definition) is 5. The SMILES string of the molecule is C.C=C.CC(C)(C)OC(=O)NCc1ccc(F)cc1O.CC(C)(C)OC(=O)NCc1ccc(F)cc1O.CCI.CI.CN[S-](=O)=O.COC(=O)c1nc(Br)c2cccnc2c1OC.COC(=O)c1nc(N(C)[S-](=O)=O)c2cccnc2c1OC.[Y].[Y]. The third kappa shape index (κ3) is 35.0. The third-order valence-electron chi connectivity index (χ3n) is 8.96. The number of pyridine rings is 4. The number of phenols is 2. The van der Waals surface area contributed by atoms with Crippen molar-refractivity contribution in [1.29, 1.82) is 0 Å². The van der Waals surface area contributed by atoms with Gasteiger partial charge in [-0.25, -0.2) is 37.9 Å². The molecule has 0 aliphatic heterocycles. The van der Waals surface area contributed by atoms with E-state index < -0.39 is 68.7 Å². The normalized spacial score (nSPS) is 9.76. The molecule has 0 aliphatic rings. The number of fused-ring (bicyclic) bond motifs is 2. The van der Waals surface area contributed by atoms with Crippen molar-refractivity contribution in [1.82, 2.24) is 35.3 Å². The number of carbonyl (C=O) groups excluding carboxylic acids is 4. The second kappa shape index (κ2) is 48.5. The largest absolute Gasteiger partial charge is 0.507 e. The minimum Gasteiger partial charge on any atom is -0.507 e. The summed E-state index contributed by atoms with van der Waals surface area (Å²) in [6.45, 7) is 18.8. The predicted octanol–water partition coefficient (Wildman–Crippen LogP) is 11.7. The second-order valence-electron chi connectivity index (χ2n) is 17.1. The van der Waals surface area contributed by atoms with Crippen LogP contribution in [0.5, 0.6) is 23.0 Å². The van der Waals surface area contributed by atoms with E-state index >= 15 is 0 Å². The molecule has 2 aromatic carbocycles. The van der Waals surface area contributed by atoms with Gasteiger partial charge in [-0.15, -0.1) is 13.2 Å². The molecule has 6 aromatic rings. The minimum atomic E-state index is -2.55. The number of alkyl carbamates (subject to hydrolysis) is 2. The van der Waals surface area contributed by atoms with E-state index in [1.165, 1.54) is 77.4 Å². The summed E-state index contributed by atoms with van der Waals surface area (Å²) in [6.07, 6.45) is 1.96. The fraction of sp³-hybridized carbons (Fsp3) is 0.370. The van der Waals surface area contributed by atoms with Gasteiger partial charge in [-0.05, 0) is 128 Å². The molecule has 24 nitrogen and oxygen atoms in total. The molecule has 0 saturated carbocycles. The van der Waals surface area contributed by atoms with Gasteiger partial charge in [-0.2, -0.15) is 0 Å². The van der Waals surface area contributed by atoms with Crippen molar-refractivity contribution in [2.45, 2.75) is 80.2 Å². The van der Waals surface area contributed by atoms with Crippen LogP contribution in [-0.2, 0) is 136 Å². The summed E-state index contributed by atoms with van der Waals surface area (Å²) in [6, 6.07) is 14.1. The van der Waals surface area contributed by atoms with E-state index in [2.05, 4.69) is 121 Å². The monoisotopic (exact) mass is 1700 g/mol. The van der Waals surface area contributed by atoms with E-state index in [-0.39, 0.29) is 120 Å². The number of nitrogens with one attached hydrogen (secondary N) is 3. The summed E-state index contributed by atoms with van der Waals surface area (Å²) in [4.78, 5) is 64.5. The number of benzene rings is 2. The summed E-state index contributed by atoms with van der Waals surface area (Å²) in [5.74, 6) is -2.23. The first-order valence-electron chi connectivity index (χ1n) is 23.8. The van der Waals surface area contributed by atoms with Crippen LogP contribution in [0.4, 0.5) is 24.2 Å². The van der Waals surface area contributed by atoms with Crippen molar-refractivity contribution < 1.29 is 149 Å². The van der Waals surface area contributed by atoms with Crippen molar-refractivity contribution in [2.75, 3.05) is 56.2 Å². The zero-order valence-electron chi connectivity index (χ0n) is 49.7. The van der Waals surface area contributed by atoms with E-state index in [1.54, 1.807) is 65.9 Å². The summed E-state index contributed by atoms with van der Waals surface area (Å²) < 4.78 is 101. The average molecular weight is 1700 g/mol. The summed E-state index contributed by atoms with van der Waals surface area (Å²) in [5, 5.41) is 25.0. The van der Waals surface area contributed by atoms with Crippen LogP contribution in [0.25, 0.3) is 21.8 Å². The number of aromatic nitrogens is 4. The van der Waals surface area contributed by atoms with Crippen LogP contribution in [-0.4, -0.2) is 117 Å². The van der Waals surface area contributed by atoms with Crippen LogP contribution in [0.15, 0.2) is 90.8 Å². The molecule has 0 spiro atoms. The standard InChI is InChI=1S/2C12H16FNO3.C12H12N3O5S.C11H9BrN2O3.C2H5I.C2H4.CH3I.CH4NO2S.CH4.2Y/c2*1-12(2,3)17-11(16)14-7-8-4-5-9(13)6-10(8)15;1-15(21(17)18)11-7-5-4-6-13-8(7)10(19-2)9(14-11)12(16)20-3;1-16-9-7-6(4-3-5-13-7)10(12)14-8(9)11(15)17-2;1-2-3;2*1-2;1-2-5(3)4;;;/h2*4-6,15H,7H2,1-3H3,(H,14,16);4-6H,1-3H3;3-5H,1-2H3;2H2,1H3;1-2H2;1H3;1H3,(H,2,3,4);1H4;;/q;;-1;;;;;-1;;;. The molecule has 0 bridgehead atoms. The number of nitrogens with zero attached hydrogens (tertiary/aromatic N) is 5. The van der Waals surface area contributed by atoms with E-state index in [0.29, 0.717) is 37.9 Å². The van der Waals surface area contributed by atoms with Gasteiger partial charge >= 0.3 is 24.1 Å². The molecule has 33 heteroatoms. The number of anilines is 1.